The standard InChI is InChI=1S/C12H9BrClNO2S/c1-15(12(16)17)8-2-3-9(10(14)5-8)11-4-7(13)6-18-11/h2-6H,1H3,(H,16,17). The van der Waals surface area contributed by atoms with E-state index < -0.39 is 6.09 Å². The summed E-state index contributed by atoms with van der Waals surface area (Å²) >= 11 is 11.2. The third-order valence-electron chi connectivity index (χ3n) is 2.46. The molecular weight excluding hydrogens is 338 g/mol. The molecule has 1 amide bonds. The Kier molecular flexibility index (Phi) is 3.94. The maximum absolute atomic E-state index is 10.8. The highest BCUT2D eigenvalue weighted by atomic mass is 79.9. The van der Waals surface area contributed by atoms with Gasteiger partial charge < -0.3 is 5.11 Å². The zero-order chi connectivity index (χ0) is 13.3. The van der Waals surface area contributed by atoms with E-state index in [0.29, 0.717) is 10.7 Å². The van der Waals surface area contributed by atoms with Gasteiger partial charge in [-0.2, -0.15) is 0 Å². The second-order valence-corrected chi connectivity index (χ2v) is 5.87. The van der Waals surface area contributed by atoms with E-state index in [0.717, 1.165) is 19.8 Å². The molecule has 0 atom stereocenters. The van der Waals surface area contributed by atoms with Crippen LogP contribution in [0.2, 0.25) is 5.02 Å². The van der Waals surface area contributed by atoms with Crippen molar-refractivity contribution in [1.82, 2.24) is 0 Å². The first-order valence-electron chi connectivity index (χ1n) is 4.99. The van der Waals surface area contributed by atoms with Crippen LogP contribution in [0.5, 0.6) is 0 Å². The molecule has 1 heterocycles. The zero-order valence-electron chi connectivity index (χ0n) is 9.35. The van der Waals surface area contributed by atoms with Crippen LogP contribution < -0.4 is 4.90 Å². The van der Waals surface area contributed by atoms with Crippen LogP contribution in [0.4, 0.5) is 10.5 Å². The molecule has 0 saturated heterocycles. The summed E-state index contributed by atoms with van der Waals surface area (Å²) < 4.78 is 1.00. The lowest BCUT2D eigenvalue weighted by molar-refractivity contribution is 0.203. The Morgan fingerprint density at radius 2 is 2.17 bits per heavy atom. The first kappa shape index (κ1) is 13.4. The van der Waals surface area contributed by atoms with Gasteiger partial charge in [0.15, 0.2) is 0 Å². The predicted octanol–water partition coefficient (Wildman–Crippen LogP) is 4.95. The number of amides is 1. The minimum Gasteiger partial charge on any atom is -0.465 e. The van der Waals surface area contributed by atoms with Crippen LogP contribution in [0.3, 0.4) is 0 Å². The smallest absolute Gasteiger partial charge is 0.411 e. The van der Waals surface area contributed by atoms with Gasteiger partial charge in [0.2, 0.25) is 0 Å². The molecule has 3 nitrogen and oxygen atoms in total. The molecule has 0 bridgehead atoms. The molecular formula is C12H9BrClNO2S. The summed E-state index contributed by atoms with van der Waals surface area (Å²) in [6.07, 6.45) is -1.02. The number of carboxylic acid groups (broad SMARTS) is 1. The van der Waals surface area contributed by atoms with E-state index in [4.69, 9.17) is 16.7 Å². The van der Waals surface area contributed by atoms with Crippen molar-refractivity contribution in [3.05, 3.63) is 39.1 Å². The topological polar surface area (TPSA) is 40.5 Å². The predicted molar refractivity (Wildman–Crippen MR) is 78.9 cm³/mol. The molecule has 0 radical (unpaired) electrons. The highest BCUT2D eigenvalue weighted by molar-refractivity contribution is 9.10. The molecule has 0 aliphatic heterocycles. The molecule has 0 fully saturated rings. The van der Waals surface area contributed by atoms with E-state index in [1.807, 2.05) is 17.5 Å². The minimum atomic E-state index is -1.02. The van der Waals surface area contributed by atoms with Crippen molar-refractivity contribution in [1.29, 1.82) is 0 Å². The Labute approximate surface area is 122 Å². The number of carbonyl (C=O) groups is 1. The lowest BCUT2D eigenvalue weighted by Gasteiger charge is -2.14. The number of thiophene rings is 1. The van der Waals surface area contributed by atoms with Gasteiger partial charge in [0.1, 0.15) is 0 Å². The van der Waals surface area contributed by atoms with Crippen molar-refractivity contribution in [2.45, 2.75) is 0 Å². The molecule has 0 aliphatic carbocycles. The molecule has 0 saturated carbocycles. The van der Waals surface area contributed by atoms with E-state index in [2.05, 4.69) is 15.9 Å². The Morgan fingerprint density at radius 1 is 1.44 bits per heavy atom. The second kappa shape index (κ2) is 5.30. The van der Waals surface area contributed by atoms with Gasteiger partial charge in [0.25, 0.3) is 0 Å². The molecule has 2 aromatic rings. The van der Waals surface area contributed by atoms with Gasteiger partial charge in [0.05, 0.1) is 5.02 Å². The van der Waals surface area contributed by atoms with Crippen molar-refractivity contribution in [3.63, 3.8) is 0 Å². The van der Waals surface area contributed by atoms with E-state index in [9.17, 15) is 4.79 Å². The fourth-order valence-corrected chi connectivity index (χ4v) is 3.28. The van der Waals surface area contributed by atoms with E-state index in [1.54, 1.807) is 23.5 Å². The van der Waals surface area contributed by atoms with Crippen molar-refractivity contribution >= 4 is 50.6 Å². The molecule has 0 aliphatic rings. The molecule has 1 aromatic carbocycles. The largest absolute Gasteiger partial charge is 0.465 e. The van der Waals surface area contributed by atoms with Gasteiger partial charge in [-0.15, -0.1) is 11.3 Å². The summed E-state index contributed by atoms with van der Waals surface area (Å²) in [4.78, 5) is 13.0. The Hall–Kier alpha value is -1.04. The second-order valence-electron chi connectivity index (χ2n) is 3.63. The SMILES string of the molecule is CN(C(=O)O)c1ccc(-c2cc(Br)cs2)c(Cl)c1. The average molecular weight is 347 g/mol. The number of rotatable bonds is 2. The minimum absolute atomic E-state index is 0.537. The first-order valence-corrected chi connectivity index (χ1v) is 7.04. The summed E-state index contributed by atoms with van der Waals surface area (Å²) in [5, 5.41) is 11.4. The average Bonchev–Trinajstić information content (AvgIpc) is 2.74. The van der Waals surface area contributed by atoms with Crippen LogP contribution in [0.1, 0.15) is 0 Å². The summed E-state index contributed by atoms with van der Waals surface area (Å²) in [6, 6.07) is 7.20. The third-order valence-corrected chi connectivity index (χ3v) is 4.50. The van der Waals surface area contributed by atoms with Gasteiger partial charge in [-0.25, -0.2) is 4.79 Å². The van der Waals surface area contributed by atoms with Gasteiger partial charge in [0, 0.05) is 33.0 Å². The van der Waals surface area contributed by atoms with E-state index >= 15 is 0 Å². The summed E-state index contributed by atoms with van der Waals surface area (Å²) in [7, 11) is 1.48. The molecule has 6 heteroatoms. The van der Waals surface area contributed by atoms with E-state index in [1.165, 1.54) is 7.05 Å². The number of anilines is 1. The summed E-state index contributed by atoms with van der Waals surface area (Å²) in [6.45, 7) is 0. The highest BCUT2D eigenvalue weighted by Crippen LogP contribution is 2.36. The van der Waals surface area contributed by atoms with E-state index in [-0.39, 0.29) is 0 Å². The van der Waals surface area contributed by atoms with Crippen molar-refractivity contribution in [3.8, 4) is 10.4 Å². The van der Waals surface area contributed by atoms with Gasteiger partial charge in [-0.05, 0) is 40.2 Å². The first-order chi connectivity index (χ1) is 8.49. The molecule has 2 rings (SSSR count). The van der Waals surface area contributed by atoms with Crippen LogP contribution in [0.15, 0.2) is 34.1 Å². The van der Waals surface area contributed by atoms with Crippen molar-refractivity contribution in [2.24, 2.45) is 0 Å². The van der Waals surface area contributed by atoms with Crippen LogP contribution in [0, 0.1) is 0 Å². The maximum Gasteiger partial charge on any atom is 0.411 e. The maximum atomic E-state index is 10.8. The number of hydrogen-bond donors (Lipinski definition) is 1. The number of benzene rings is 1. The van der Waals surface area contributed by atoms with Gasteiger partial charge in [-0.1, -0.05) is 11.6 Å². The molecule has 18 heavy (non-hydrogen) atoms. The van der Waals surface area contributed by atoms with Crippen LogP contribution in [0.25, 0.3) is 10.4 Å². The third kappa shape index (κ3) is 2.68. The molecule has 0 unspecified atom stereocenters. The summed E-state index contributed by atoms with van der Waals surface area (Å²) in [5.41, 5.74) is 1.45. The van der Waals surface area contributed by atoms with Crippen LogP contribution in [-0.4, -0.2) is 18.2 Å². The molecule has 1 N–H and O–H groups in total. The molecule has 94 valence electrons. The zero-order valence-corrected chi connectivity index (χ0v) is 12.5. The highest BCUT2D eigenvalue weighted by Gasteiger charge is 2.12. The van der Waals surface area contributed by atoms with Gasteiger partial charge in [-0.3, -0.25) is 4.90 Å². The monoisotopic (exact) mass is 345 g/mol. The fraction of sp³-hybridized carbons (Fsp3) is 0.0833. The van der Waals surface area contributed by atoms with Crippen molar-refractivity contribution in [2.75, 3.05) is 11.9 Å². The lowest BCUT2D eigenvalue weighted by atomic mass is 10.1. The van der Waals surface area contributed by atoms with Gasteiger partial charge >= 0.3 is 6.09 Å². The molecule has 1 aromatic heterocycles. The Morgan fingerprint density at radius 3 is 2.67 bits per heavy atom. The quantitative estimate of drug-likeness (QED) is 0.836. The number of halogens is 2. The number of hydrogen-bond acceptors (Lipinski definition) is 2. The fourth-order valence-electron chi connectivity index (χ4n) is 1.48. The molecule has 0 spiro atoms. The van der Waals surface area contributed by atoms with Crippen molar-refractivity contribution < 1.29 is 9.90 Å². The van der Waals surface area contributed by atoms with Crippen LogP contribution in [-0.2, 0) is 0 Å². The summed E-state index contributed by atoms with van der Waals surface area (Å²) in [5.74, 6) is 0. The Balaban J connectivity index is 2.39. The Bertz CT molecular complexity index is 600. The normalized spacial score (nSPS) is 10.4. The lowest BCUT2D eigenvalue weighted by Crippen LogP contribution is -2.23. The number of nitrogens with zero attached hydrogens (tertiary/aromatic N) is 1. The van der Waals surface area contributed by atoms with Crippen LogP contribution >= 0.6 is 38.9 Å².